The lowest BCUT2D eigenvalue weighted by Gasteiger charge is -2.11. The van der Waals surface area contributed by atoms with E-state index in [2.05, 4.69) is 15.9 Å². The molecule has 0 amide bonds. The number of phenols is 1. The van der Waals surface area contributed by atoms with Crippen LogP contribution in [0.1, 0.15) is 5.56 Å². The zero-order valence-corrected chi connectivity index (χ0v) is 8.93. The highest BCUT2D eigenvalue weighted by Gasteiger charge is 2.17. The van der Waals surface area contributed by atoms with E-state index in [1.54, 1.807) is 5.48 Å². The summed E-state index contributed by atoms with van der Waals surface area (Å²) in [5.41, 5.74) is 1.86. The Morgan fingerprint density at radius 2 is 2.29 bits per heavy atom. The Morgan fingerprint density at radius 1 is 1.64 bits per heavy atom. The van der Waals surface area contributed by atoms with Crippen LogP contribution in [0, 0.1) is 5.82 Å². The van der Waals surface area contributed by atoms with Gasteiger partial charge in [-0.15, -0.1) is 0 Å². The van der Waals surface area contributed by atoms with Gasteiger partial charge in [-0.25, -0.2) is 9.87 Å². The summed E-state index contributed by atoms with van der Waals surface area (Å²) in [4.78, 5) is 0. The van der Waals surface area contributed by atoms with Gasteiger partial charge >= 0.3 is 0 Å². The molecule has 0 aliphatic rings. The molecule has 0 aliphatic carbocycles. The van der Waals surface area contributed by atoms with Crippen LogP contribution >= 0.6 is 15.9 Å². The summed E-state index contributed by atoms with van der Waals surface area (Å²) in [7, 11) is 1.31. The summed E-state index contributed by atoms with van der Waals surface area (Å²) in [6, 6.07) is 1.19. The van der Waals surface area contributed by atoms with Gasteiger partial charge in [0.25, 0.3) is 0 Å². The molecule has 0 fully saturated rings. The number of hydroxylamine groups is 1. The Kier molecular flexibility index (Phi) is 3.68. The Hall–Kier alpha value is -0.850. The van der Waals surface area contributed by atoms with E-state index in [0.717, 1.165) is 0 Å². The van der Waals surface area contributed by atoms with Gasteiger partial charge in [0.15, 0.2) is 11.5 Å². The van der Waals surface area contributed by atoms with Gasteiger partial charge in [-0.2, -0.15) is 0 Å². The Balaban J connectivity index is 3.32. The standard InChI is InChI=1S/C8H9BrFNO3/c1-14-8-4(3-11-13)7(10)5(9)2-6(8)12/h2,11-13H,3H2,1H3. The van der Waals surface area contributed by atoms with Crippen molar-refractivity contribution in [3.8, 4) is 11.5 Å². The number of halogens is 2. The molecule has 0 saturated heterocycles. The number of hydrogen-bond acceptors (Lipinski definition) is 4. The molecule has 1 aromatic rings. The first kappa shape index (κ1) is 11.2. The van der Waals surface area contributed by atoms with Crippen molar-refractivity contribution < 1.29 is 19.4 Å². The topological polar surface area (TPSA) is 61.7 Å². The van der Waals surface area contributed by atoms with Crippen LogP contribution in [0.3, 0.4) is 0 Å². The zero-order chi connectivity index (χ0) is 10.7. The van der Waals surface area contributed by atoms with Crippen LogP contribution in [-0.2, 0) is 6.54 Å². The van der Waals surface area contributed by atoms with Crippen LogP contribution in [0.2, 0.25) is 0 Å². The van der Waals surface area contributed by atoms with E-state index in [9.17, 15) is 9.50 Å². The zero-order valence-electron chi connectivity index (χ0n) is 7.34. The van der Waals surface area contributed by atoms with Gasteiger partial charge in [0.1, 0.15) is 5.82 Å². The molecule has 0 spiro atoms. The van der Waals surface area contributed by atoms with E-state index in [0.29, 0.717) is 0 Å². The van der Waals surface area contributed by atoms with E-state index < -0.39 is 5.82 Å². The van der Waals surface area contributed by atoms with Crippen molar-refractivity contribution in [1.82, 2.24) is 5.48 Å². The van der Waals surface area contributed by atoms with Gasteiger partial charge in [-0.3, -0.25) is 0 Å². The minimum absolute atomic E-state index is 0.00671. The maximum absolute atomic E-state index is 13.4. The van der Waals surface area contributed by atoms with Gasteiger partial charge < -0.3 is 15.1 Å². The number of benzene rings is 1. The highest BCUT2D eigenvalue weighted by molar-refractivity contribution is 9.10. The molecule has 6 heteroatoms. The van der Waals surface area contributed by atoms with Crippen LogP contribution < -0.4 is 10.2 Å². The van der Waals surface area contributed by atoms with Gasteiger partial charge in [-0.05, 0) is 15.9 Å². The Labute approximate surface area is 88.4 Å². The minimum atomic E-state index is -0.582. The van der Waals surface area contributed by atoms with Crippen molar-refractivity contribution >= 4 is 15.9 Å². The van der Waals surface area contributed by atoms with E-state index in [-0.39, 0.29) is 28.1 Å². The third-order valence-corrected chi connectivity index (χ3v) is 2.28. The first-order valence-electron chi connectivity index (χ1n) is 3.72. The Bertz CT molecular complexity index is 346. The molecular weight excluding hydrogens is 257 g/mol. The normalized spacial score (nSPS) is 10.3. The molecule has 0 aliphatic heterocycles. The summed E-state index contributed by atoms with van der Waals surface area (Å²) in [5, 5.41) is 17.9. The fourth-order valence-corrected chi connectivity index (χ4v) is 1.57. The Morgan fingerprint density at radius 3 is 2.79 bits per heavy atom. The second-order valence-corrected chi connectivity index (χ2v) is 3.39. The molecule has 0 unspecified atom stereocenters. The summed E-state index contributed by atoms with van der Waals surface area (Å²) in [6.07, 6.45) is 0. The fraction of sp³-hybridized carbons (Fsp3) is 0.250. The first-order valence-corrected chi connectivity index (χ1v) is 4.52. The largest absolute Gasteiger partial charge is 0.504 e. The van der Waals surface area contributed by atoms with E-state index >= 15 is 0 Å². The molecule has 0 atom stereocenters. The summed E-state index contributed by atoms with van der Waals surface area (Å²) in [6.45, 7) is -0.151. The van der Waals surface area contributed by atoms with Crippen molar-refractivity contribution in [2.75, 3.05) is 7.11 Å². The molecule has 0 aromatic heterocycles. The average molecular weight is 266 g/mol. The predicted molar refractivity (Wildman–Crippen MR) is 50.9 cm³/mol. The minimum Gasteiger partial charge on any atom is -0.504 e. The number of hydrogen-bond donors (Lipinski definition) is 3. The van der Waals surface area contributed by atoms with Gasteiger partial charge in [0.05, 0.1) is 23.7 Å². The van der Waals surface area contributed by atoms with Crippen LogP contribution in [0.25, 0.3) is 0 Å². The molecule has 14 heavy (non-hydrogen) atoms. The van der Waals surface area contributed by atoms with Crippen LogP contribution in [0.15, 0.2) is 10.5 Å². The maximum atomic E-state index is 13.4. The van der Waals surface area contributed by atoms with Gasteiger partial charge in [-0.1, -0.05) is 0 Å². The van der Waals surface area contributed by atoms with Crippen molar-refractivity contribution in [1.29, 1.82) is 0 Å². The van der Waals surface area contributed by atoms with Gasteiger partial charge in [0, 0.05) is 6.07 Å². The molecule has 1 aromatic carbocycles. The number of methoxy groups -OCH3 is 1. The third-order valence-electron chi connectivity index (χ3n) is 1.70. The maximum Gasteiger partial charge on any atom is 0.168 e. The average Bonchev–Trinajstić information content (AvgIpc) is 2.14. The summed E-state index contributed by atoms with van der Waals surface area (Å²) >= 11 is 2.93. The van der Waals surface area contributed by atoms with Crippen LogP contribution in [0.4, 0.5) is 4.39 Å². The number of ether oxygens (including phenoxy) is 1. The molecule has 78 valence electrons. The second-order valence-electron chi connectivity index (χ2n) is 2.54. The lowest BCUT2D eigenvalue weighted by atomic mass is 10.1. The highest BCUT2D eigenvalue weighted by Crippen LogP contribution is 2.36. The fourth-order valence-electron chi connectivity index (χ4n) is 1.11. The van der Waals surface area contributed by atoms with Crippen molar-refractivity contribution in [2.45, 2.75) is 6.54 Å². The smallest absolute Gasteiger partial charge is 0.168 e. The molecule has 1 rings (SSSR count). The van der Waals surface area contributed by atoms with Crippen molar-refractivity contribution in [3.63, 3.8) is 0 Å². The number of aromatic hydroxyl groups is 1. The van der Waals surface area contributed by atoms with Crippen molar-refractivity contribution in [2.24, 2.45) is 0 Å². The third kappa shape index (κ3) is 1.97. The first-order chi connectivity index (χ1) is 6.61. The molecule has 4 nitrogen and oxygen atoms in total. The molecule has 0 heterocycles. The molecule has 3 N–H and O–H groups in total. The summed E-state index contributed by atoms with van der Waals surface area (Å²) in [5.74, 6) is -0.764. The van der Waals surface area contributed by atoms with Gasteiger partial charge in [0.2, 0.25) is 0 Å². The quantitative estimate of drug-likeness (QED) is 0.730. The monoisotopic (exact) mass is 265 g/mol. The second kappa shape index (κ2) is 4.59. The number of phenolic OH excluding ortho intramolecular Hbond substituents is 1. The van der Waals surface area contributed by atoms with Crippen molar-refractivity contribution in [3.05, 3.63) is 21.9 Å². The lowest BCUT2D eigenvalue weighted by Crippen LogP contribution is -2.10. The number of nitrogens with one attached hydrogen (secondary N) is 1. The van der Waals surface area contributed by atoms with Crippen LogP contribution in [-0.4, -0.2) is 17.4 Å². The molecule has 0 radical (unpaired) electrons. The predicted octanol–water partition coefficient (Wildman–Crippen LogP) is 1.78. The molecule has 0 bridgehead atoms. The summed E-state index contributed by atoms with van der Waals surface area (Å²) < 4.78 is 18.3. The highest BCUT2D eigenvalue weighted by atomic mass is 79.9. The van der Waals surface area contributed by atoms with E-state index in [4.69, 9.17) is 9.94 Å². The number of rotatable bonds is 3. The van der Waals surface area contributed by atoms with Crippen LogP contribution in [0.5, 0.6) is 11.5 Å². The SMILES string of the molecule is COc1c(O)cc(Br)c(F)c1CNO. The molecule has 0 saturated carbocycles. The lowest BCUT2D eigenvalue weighted by molar-refractivity contribution is 0.158. The van der Waals surface area contributed by atoms with E-state index in [1.165, 1.54) is 13.2 Å². The van der Waals surface area contributed by atoms with E-state index in [1.807, 2.05) is 0 Å². The molecular formula is C8H9BrFNO3.